The Hall–Kier alpha value is -1.69. The van der Waals surface area contributed by atoms with Crippen molar-refractivity contribution in [2.45, 2.75) is 12.8 Å². The fraction of sp³-hybridized carbons (Fsp3) is 0.538. The Kier molecular flexibility index (Phi) is 4.31. The van der Waals surface area contributed by atoms with E-state index in [9.17, 15) is 9.18 Å². The van der Waals surface area contributed by atoms with Gasteiger partial charge in [0.05, 0.1) is 11.8 Å². The minimum atomic E-state index is -0.558. The molecule has 104 valence electrons. The van der Waals surface area contributed by atoms with Gasteiger partial charge in [-0.1, -0.05) is 0 Å². The third-order valence-electron chi connectivity index (χ3n) is 3.34. The fourth-order valence-corrected chi connectivity index (χ4v) is 2.23. The van der Waals surface area contributed by atoms with Gasteiger partial charge in [0.25, 0.3) is 5.91 Å². The monoisotopic (exact) mass is 267 g/mol. The van der Waals surface area contributed by atoms with Gasteiger partial charge in [0.15, 0.2) is 0 Å². The Morgan fingerprint density at radius 3 is 2.95 bits per heavy atom. The average Bonchev–Trinajstić information content (AvgIpc) is 2.42. The van der Waals surface area contributed by atoms with Crippen LogP contribution < -0.4 is 5.73 Å². The normalized spacial score (nSPS) is 16.3. The molecule has 1 aromatic heterocycles. The van der Waals surface area contributed by atoms with Gasteiger partial charge in [-0.2, -0.15) is 0 Å². The molecule has 1 aromatic rings. The summed E-state index contributed by atoms with van der Waals surface area (Å²) in [5.74, 6) is -0.372. The van der Waals surface area contributed by atoms with Gasteiger partial charge in [-0.15, -0.1) is 0 Å². The Morgan fingerprint density at radius 1 is 1.58 bits per heavy atom. The summed E-state index contributed by atoms with van der Waals surface area (Å²) in [7, 11) is 1.70. The van der Waals surface area contributed by atoms with Gasteiger partial charge in [0.2, 0.25) is 0 Å². The lowest BCUT2D eigenvalue weighted by molar-refractivity contribution is 0.0497. The molecule has 2 rings (SSSR count). The highest BCUT2D eigenvalue weighted by Gasteiger charge is 2.21. The number of amides is 1. The third-order valence-corrected chi connectivity index (χ3v) is 3.34. The van der Waals surface area contributed by atoms with Crippen LogP contribution >= 0.6 is 0 Å². The van der Waals surface area contributed by atoms with Crippen LogP contribution in [-0.2, 0) is 4.74 Å². The molecule has 0 unspecified atom stereocenters. The molecule has 1 amide bonds. The highest BCUT2D eigenvalue weighted by molar-refractivity contribution is 5.98. The fourth-order valence-electron chi connectivity index (χ4n) is 2.23. The summed E-state index contributed by atoms with van der Waals surface area (Å²) in [6.07, 6.45) is 2.88. The predicted molar refractivity (Wildman–Crippen MR) is 69.1 cm³/mol. The number of anilines is 1. The summed E-state index contributed by atoms with van der Waals surface area (Å²) in [4.78, 5) is 17.4. The van der Waals surface area contributed by atoms with Crippen molar-refractivity contribution in [1.82, 2.24) is 9.88 Å². The molecule has 0 spiro atoms. The van der Waals surface area contributed by atoms with Crippen LogP contribution in [0.4, 0.5) is 10.2 Å². The molecule has 1 aliphatic heterocycles. The SMILES string of the molecule is CN(CC1CCOCC1)C(=O)c1cc(F)cnc1N. The second-order valence-corrected chi connectivity index (χ2v) is 4.83. The van der Waals surface area contributed by atoms with Crippen molar-refractivity contribution in [1.29, 1.82) is 0 Å². The van der Waals surface area contributed by atoms with Crippen LogP contribution in [0.15, 0.2) is 12.3 Å². The van der Waals surface area contributed by atoms with Gasteiger partial charge < -0.3 is 15.4 Å². The minimum absolute atomic E-state index is 0.0604. The van der Waals surface area contributed by atoms with Crippen molar-refractivity contribution in [3.63, 3.8) is 0 Å². The lowest BCUT2D eigenvalue weighted by Crippen LogP contribution is -2.34. The quantitative estimate of drug-likeness (QED) is 0.896. The second-order valence-electron chi connectivity index (χ2n) is 4.83. The number of nitrogens with two attached hydrogens (primary N) is 1. The van der Waals surface area contributed by atoms with E-state index in [0.717, 1.165) is 38.3 Å². The number of carbonyl (C=O) groups is 1. The summed E-state index contributed by atoms with van der Waals surface area (Å²) in [5, 5.41) is 0. The van der Waals surface area contributed by atoms with E-state index in [1.54, 1.807) is 11.9 Å². The van der Waals surface area contributed by atoms with Crippen LogP contribution in [0.2, 0.25) is 0 Å². The molecule has 0 atom stereocenters. The number of nitrogens with zero attached hydrogens (tertiary/aromatic N) is 2. The topological polar surface area (TPSA) is 68.5 Å². The molecule has 1 saturated heterocycles. The van der Waals surface area contributed by atoms with Crippen molar-refractivity contribution in [2.24, 2.45) is 5.92 Å². The summed E-state index contributed by atoms with van der Waals surface area (Å²) in [6, 6.07) is 1.13. The van der Waals surface area contributed by atoms with Crippen LogP contribution in [-0.4, -0.2) is 42.6 Å². The molecule has 0 radical (unpaired) electrons. The first-order chi connectivity index (χ1) is 9.08. The van der Waals surface area contributed by atoms with E-state index in [2.05, 4.69) is 4.98 Å². The lowest BCUT2D eigenvalue weighted by atomic mass is 9.99. The smallest absolute Gasteiger partial charge is 0.257 e. The number of hydrogen-bond acceptors (Lipinski definition) is 4. The zero-order chi connectivity index (χ0) is 13.8. The van der Waals surface area contributed by atoms with E-state index in [4.69, 9.17) is 10.5 Å². The number of ether oxygens (including phenoxy) is 1. The highest BCUT2D eigenvalue weighted by atomic mass is 19.1. The molecule has 6 heteroatoms. The van der Waals surface area contributed by atoms with E-state index in [1.165, 1.54) is 0 Å². The number of hydrogen-bond donors (Lipinski definition) is 1. The molecule has 2 N–H and O–H groups in total. The van der Waals surface area contributed by atoms with Crippen molar-refractivity contribution in [2.75, 3.05) is 32.5 Å². The van der Waals surface area contributed by atoms with E-state index in [-0.39, 0.29) is 17.3 Å². The molecule has 0 saturated carbocycles. The first kappa shape index (κ1) is 13.7. The number of nitrogen functional groups attached to an aromatic ring is 1. The predicted octanol–water partition coefficient (Wildman–Crippen LogP) is 1.30. The molecule has 1 fully saturated rings. The molecule has 2 heterocycles. The van der Waals surface area contributed by atoms with Crippen molar-refractivity contribution in [3.05, 3.63) is 23.6 Å². The highest BCUT2D eigenvalue weighted by Crippen LogP contribution is 2.18. The van der Waals surface area contributed by atoms with Crippen LogP contribution in [0, 0.1) is 11.7 Å². The first-order valence-electron chi connectivity index (χ1n) is 6.32. The zero-order valence-electron chi connectivity index (χ0n) is 10.9. The van der Waals surface area contributed by atoms with Crippen LogP contribution in [0.5, 0.6) is 0 Å². The molecule has 19 heavy (non-hydrogen) atoms. The van der Waals surface area contributed by atoms with E-state index >= 15 is 0 Å². The number of halogens is 1. The molecule has 0 bridgehead atoms. The number of carbonyl (C=O) groups excluding carboxylic acids is 1. The van der Waals surface area contributed by atoms with Gasteiger partial charge in [0, 0.05) is 26.8 Å². The summed E-state index contributed by atoms with van der Waals surface area (Å²) in [5.41, 5.74) is 5.74. The first-order valence-corrected chi connectivity index (χ1v) is 6.32. The molecule has 5 nitrogen and oxygen atoms in total. The van der Waals surface area contributed by atoms with E-state index in [0.29, 0.717) is 12.5 Å². The Balaban J connectivity index is 2.03. The van der Waals surface area contributed by atoms with Crippen LogP contribution in [0.1, 0.15) is 23.2 Å². The standard InChI is InChI=1S/C13H18FN3O2/c1-17(8-9-2-4-19-5-3-9)13(18)11-6-10(14)7-16-12(11)15/h6-7,9H,2-5,8H2,1H3,(H2,15,16). The van der Waals surface area contributed by atoms with Gasteiger partial charge in [-0.25, -0.2) is 9.37 Å². The maximum absolute atomic E-state index is 13.1. The maximum Gasteiger partial charge on any atom is 0.257 e. The van der Waals surface area contributed by atoms with Gasteiger partial charge >= 0.3 is 0 Å². The molecule has 0 aromatic carbocycles. The third kappa shape index (κ3) is 3.41. The maximum atomic E-state index is 13.1. The van der Waals surface area contributed by atoms with Crippen molar-refractivity contribution in [3.8, 4) is 0 Å². The number of rotatable bonds is 3. The van der Waals surface area contributed by atoms with Crippen molar-refractivity contribution < 1.29 is 13.9 Å². The molecule has 0 aliphatic carbocycles. The van der Waals surface area contributed by atoms with Crippen molar-refractivity contribution >= 4 is 11.7 Å². The average molecular weight is 267 g/mol. The molecular weight excluding hydrogens is 249 g/mol. The Labute approximate surface area is 111 Å². The second kappa shape index (κ2) is 5.97. The van der Waals surface area contributed by atoms with Gasteiger partial charge in [-0.3, -0.25) is 4.79 Å². The van der Waals surface area contributed by atoms with Gasteiger partial charge in [-0.05, 0) is 24.8 Å². The molecular formula is C13H18FN3O2. The Bertz CT molecular complexity index is 461. The van der Waals surface area contributed by atoms with E-state index in [1.807, 2.05) is 0 Å². The minimum Gasteiger partial charge on any atom is -0.383 e. The summed E-state index contributed by atoms with van der Waals surface area (Å²) < 4.78 is 18.4. The van der Waals surface area contributed by atoms with Gasteiger partial charge in [0.1, 0.15) is 11.6 Å². The largest absolute Gasteiger partial charge is 0.383 e. The number of aromatic nitrogens is 1. The Morgan fingerprint density at radius 2 is 2.26 bits per heavy atom. The molecule has 1 aliphatic rings. The lowest BCUT2D eigenvalue weighted by Gasteiger charge is -2.27. The van der Waals surface area contributed by atoms with Crippen LogP contribution in [0.3, 0.4) is 0 Å². The zero-order valence-corrected chi connectivity index (χ0v) is 10.9. The van der Waals surface area contributed by atoms with Crippen LogP contribution in [0.25, 0.3) is 0 Å². The van der Waals surface area contributed by atoms with E-state index < -0.39 is 5.82 Å². The number of pyridine rings is 1. The summed E-state index contributed by atoms with van der Waals surface area (Å²) in [6.45, 7) is 2.09. The summed E-state index contributed by atoms with van der Waals surface area (Å²) >= 11 is 0.